The summed E-state index contributed by atoms with van der Waals surface area (Å²) in [6.45, 7) is 6.82. The second-order valence-corrected chi connectivity index (χ2v) is 9.83. The maximum atomic E-state index is 13.3. The lowest BCUT2D eigenvalue weighted by molar-refractivity contribution is 0.0726. The summed E-state index contributed by atoms with van der Waals surface area (Å²) < 4.78 is 3.58. The number of nitrogens with zero attached hydrogens (tertiary/aromatic N) is 5. The summed E-state index contributed by atoms with van der Waals surface area (Å²) in [7, 11) is 0. The molecule has 2 aromatic carbocycles. The van der Waals surface area contributed by atoms with Crippen LogP contribution in [0.25, 0.3) is 16.7 Å². The van der Waals surface area contributed by atoms with Gasteiger partial charge in [-0.15, -0.1) is 0 Å². The molecule has 5 aromatic rings. The standard InChI is InChI=1S/C30H29N5O2/c1-21-6-3-7-25(18-21)33-17-16-32(19-22(33)2)29(36)24-12-10-23(11-13-24)20-35-28-26(8-4-14-31-28)34-15-5-9-27(34)30(35)37/h3-15,18,22H,16-17,19-20H2,1-2H3. The number of benzene rings is 2. The highest BCUT2D eigenvalue weighted by atomic mass is 16.2. The maximum Gasteiger partial charge on any atom is 0.276 e. The van der Waals surface area contributed by atoms with E-state index in [-0.39, 0.29) is 17.5 Å². The maximum absolute atomic E-state index is 13.3. The van der Waals surface area contributed by atoms with Gasteiger partial charge in [0.2, 0.25) is 0 Å². The van der Waals surface area contributed by atoms with Gasteiger partial charge in [-0.1, -0.05) is 24.3 Å². The lowest BCUT2D eigenvalue weighted by Gasteiger charge is -2.41. The Labute approximate surface area is 215 Å². The fourth-order valence-corrected chi connectivity index (χ4v) is 5.38. The Morgan fingerprint density at radius 2 is 1.78 bits per heavy atom. The van der Waals surface area contributed by atoms with Gasteiger partial charge >= 0.3 is 0 Å². The average molecular weight is 492 g/mol. The molecule has 1 aliphatic heterocycles. The molecule has 7 nitrogen and oxygen atoms in total. The van der Waals surface area contributed by atoms with E-state index >= 15 is 0 Å². The highest BCUT2D eigenvalue weighted by molar-refractivity contribution is 5.94. The van der Waals surface area contributed by atoms with Gasteiger partial charge in [0.15, 0.2) is 5.65 Å². The highest BCUT2D eigenvalue weighted by Gasteiger charge is 2.27. The lowest BCUT2D eigenvalue weighted by Crippen LogP contribution is -2.53. The summed E-state index contributed by atoms with van der Waals surface area (Å²) in [4.78, 5) is 35.3. The third kappa shape index (κ3) is 4.16. The fraction of sp³-hybridized carbons (Fsp3) is 0.233. The van der Waals surface area contributed by atoms with Crippen LogP contribution < -0.4 is 10.5 Å². The van der Waals surface area contributed by atoms with Crippen molar-refractivity contribution in [2.24, 2.45) is 0 Å². The van der Waals surface area contributed by atoms with Gasteiger partial charge in [0.1, 0.15) is 5.52 Å². The molecule has 4 heterocycles. The van der Waals surface area contributed by atoms with Gasteiger partial charge < -0.3 is 14.2 Å². The number of aryl methyl sites for hydroxylation is 1. The molecule has 6 rings (SSSR count). The van der Waals surface area contributed by atoms with Crippen LogP contribution in [0.2, 0.25) is 0 Å². The Hall–Kier alpha value is -4.39. The van der Waals surface area contributed by atoms with Crippen LogP contribution in [-0.4, -0.2) is 50.4 Å². The molecule has 0 aliphatic carbocycles. The van der Waals surface area contributed by atoms with Crippen LogP contribution in [-0.2, 0) is 6.54 Å². The molecule has 1 fully saturated rings. The van der Waals surface area contributed by atoms with E-state index in [0.29, 0.717) is 36.4 Å². The molecular formula is C30H29N5O2. The molecule has 1 aliphatic rings. The number of hydrogen-bond acceptors (Lipinski definition) is 4. The topological polar surface area (TPSA) is 62.8 Å². The molecule has 3 aromatic heterocycles. The minimum absolute atomic E-state index is 0.0428. The number of aromatic nitrogens is 3. The van der Waals surface area contributed by atoms with Crippen molar-refractivity contribution in [2.45, 2.75) is 26.4 Å². The number of carbonyl (C=O) groups excluding carboxylic acids is 1. The summed E-state index contributed by atoms with van der Waals surface area (Å²) in [5, 5.41) is 0. The quantitative estimate of drug-likeness (QED) is 0.375. The smallest absolute Gasteiger partial charge is 0.276 e. The van der Waals surface area contributed by atoms with E-state index in [4.69, 9.17) is 0 Å². The molecule has 0 N–H and O–H groups in total. The first-order valence-corrected chi connectivity index (χ1v) is 12.7. The molecule has 1 saturated heterocycles. The second-order valence-electron chi connectivity index (χ2n) is 9.83. The van der Waals surface area contributed by atoms with E-state index in [1.165, 1.54) is 11.3 Å². The second kappa shape index (κ2) is 9.24. The van der Waals surface area contributed by atoms with E-state index in [1.54, 1.807) is 10.8 Å². The van der Waals surface area contributed by atoms with E-state index in [1.807, 2.05) is 64.0 Å². The van der Waals surface area contributed by atoms with Gasteiger partial charge in [-0.3, -0.25) is 14.2 Å². The van der Waals surface area contributed by atoms with Crippen LogP contribution >= 0.6 is 0 Å². The van der Waals surface area contributed by atoms with Crippen molar-refractivity contribution in [3.63, 3.8) is 0 Å². The summed E-state index contributed by atoms with van der Waals surface area (Å²) >= 11 is 0. The van der Waals surface area contributed by atoms with Crippen molar-refractivity contribution in [3.8, 4) is 0 Å². The zero-order valence-electron chi connectivity index (χ0n) is 21.0. The zero-order chi connectivity index (χ0) is 25.5. The van der Waals surface area contributed by atoms with E-state index in [9.17, 15) is 9.59 Å². The molecular weight excluding hydrogens is 462 g/mol. The molecule has 0 bridgehead atoms. The Morgan fingerprint density at radius 3 is 2.57 bits per heavy atom. The number of hydrogen-bond donors (Lipinski definition) is 0. The van der Waals surface area contributed by atoms with Gasteiger partial charge in [-0.05, 0) is 73.5 Å². The molecule has 7 heteroatoms. The van der Waals surface area contributed by atoms with Gasteiger partial charge in [-0.2, -0.15) is 0 Å². The molecule has 0 spiro atoms. The number of anilines is 1. The van der Waals surface area contributed by atoms with Crippen molar-refractivity contribution >= 4 is 28.3 Å². The third-order valence-electron chi connectivity index (χ3n) is 7.28. The van der Waals surface area contributed by atoms with Gasteiger partial charge in [0, 0.05) is 49.3 Å². The monoisotopic (exact) mass is 491 g/mol. The zero-order valence-corrected chi connectivity index (χ0v) is 21.0. The van der Waals surface area contributed by atoms with Gasteiger partial charge in [0.05, 0.1) is 12.1 Å². The molecule has 0 saturated carbocycles. The Balaban J connectivity index is 1.20. The summed E-state index contributed by atoms with van der Waals surface area (Å²) in [5.41, 5.74) is 6.10. The predicted octanol–water partition coefficient (Wildman–Crippen LogP) is 4.36. The van der Waals surface area contributed by atoms with E-state index in [2.05, 4.69) is 48.0 Å². The fourth-order valence-electron chi connectivity index (χ4n) is 5.38. The van der Waals surface area contributed by atoms with Gasteiger partial charge in [-0.25, -0.2) is 4.98 Å². The van der Waals surface area contributed by atoms with Crippen LogP contribution in [0.15, 0.2) is 90.0 Å². The first-order chi connectivity index (χ1) is 18.0. The Bertz CT molecular complexity index is 1670. The molecule has 37 heavy (non-hydrogen) atoms. The average Bonchev–Trinajstić information content (AvgIpc) is 3.42. The van der Waals surface area contributed by atoms with Crippen molar-refractivity contribution in [1.29, 1.82) is 0 Å². The van der Waals surface area contributed by atoms with E-state index < -0.39 is 0 Å². The number of fused-ring (bicyclic) bond motifs is 3. The highest BCUT2D eigenvalue weighted by Crippen LogP contribution is 2.23. The number of piperazine rings is 1. The van der Waals surface area contributed by atoms with Crippen molar-refractivity contribution in [3.05, 3.63) is 112 Å². The normalized spacial score (nSPS) is 16.0. The van der Waals surface area contributed by atoms with Crippen LogP contribution in [0, 0.1) is 6.92 Å². The number of carbonyl (C=O) groups is 1. The predicted molar refractivity (Wildman–Crippen MR) is 146 cm³/mol. The number of amides is 1. The van der Waals surface area contributed by atoms with Gasteiger partial charge in [0.25, 0.3) is 11.5 Å². The first-order valence-electron chi connectivity index (χ1n) is 12.7. The van der Waals surface area contributed by atoms with Crippen LogP contribution in [0.1, 0.15) is 28.4 Å². The summed E-state index contributed by atoms with van der Waals surface area (Å²) in [6.07, 6.45) is 3.59. The summed E-state index contributed by atoms with van der Waals surface area (Å²) in [5.74, 6) is 0.0428. The Kier molecular flexibility index (Phi) is 5.75. The molecule has 0 radical (unpaired) electrons. The van der Waals surface area contributed by atoms with Crippen LogP contribution in [0.3, 0.4) is 0 Å². The van der Waals surface area contributed by atoms with Crippen molar-refractivity contribution in [2.75, 3.05) is 24.5 Å². The van der Waals surface area contributed by atoms with Crippen molar-refractivity contribution in [1.82, 2.24) is 18.9 Å². The molecule has 1 amide bonds. The summed E-state index contributed by atoms with van der Waals surface area (Å²) in [6, 6.07) is 23.9. The minimum Gasteiger partial charge on any atom is -0.365 e. The third-order valence-corrected chi connectivity index (χ3v) is 7.28. The number of pyridine rings is 1. The van der Waals surface area contributed by atoms with E-state index in [0.717, 1.165) is 17.6 Å². The minimum atomic E-state index is -0.0863. The molecule has 1 atom stereocenters. The number of rotatable bonds is 4. The van der Waals surface area contributed by atoms with Crippen LogP contribution in [0.5, 0.6) is 0 Å². The molecule has 186 valence electrons. The largest absolute Gasteiger partial charge is 0.365 e. The Morgan fingerprint density at radius 1 is 0.973 bits per heavy atom. The van der Waals surface area contributed by atoms with Crippen LogP contribution in [0.4, 0.5) is 5.69 Å². The van der Waals surface area contributed by atoms with Crippen molar-refractivity contribution < 1.29 is 4.79 Å². The molecule has 1 unspecified atom stereocenters. The lowest BCUT2D eigenvalue weighted by atomic mass is 10.1. The first kappa shape index (κ1) is 23.0. The SMILES string of the molecule is Cc1cccc(N2CCN(C(=O)c3ccc(Cn4c(=O)c5cccn5c5cccnc54)cc3)CC2C)c1.